The molecule has 0 N–H and O–H groups in total. The lowest BCUT2D eigenvalue weighted by Crippen LogP contribution is -2.36. The minimum atomic E-state index is 0.0762. The maximum absolute atomic E-state index is 9.59. The molecule has 5 aliphatic rings. The summed E-state index contributed by atoms with van der Waals surface area (Å²) in [6.07, 6.45) is 0.389. The van der Waals surface area contributed by atoms with Gasteiger partial charge in [0.05, 0.1) is 148 Å². The first-order chi connectivity index (χ1) is 56.6. The first-order valence-corrected chi connectivity index (χ1v) is 39.3. The van der Waals surface area contributed by atoms with Crippen molar-refractivity contribution in [3.8, 4) is 30.3 Å². The zero-order valence-electron chi connectivity index (χ0n) is 72.5. The minimum Gasteiger partial charge on any atom is -0.352 e. The first-order valence-electron chi connectivity index (χ1n) is 39.3. The summed E-state index contributed by atoms with van der Waals surface area (Å²) in [5, 5.41) is 47.9. The van der Waals surface area contributed by atoms with Crippen molar-refractivity contribution >= 4 is 114 Å². The van der Waals surface area contributed by atoms with Crippen LogP contribution in [0.5, 0.6) is 0 Å². The van der Waals surface area contributed by atoms with Gasteiger partial charge in [-0.3, -0.25) is 0 Å². The average Bonchev–Trinajstić information content (AvgIpc) is 1.62. The summed E-state index contributed by atoms with van der Waals surface area (Å²) in [6.45, 7) is 76.8. The van der Waals surface area contributed by atoms with Crippen molar-refractivity contribution in [2.75, 3.05) is 84.2 Å². The van der Waals surface area contributed by atoms with Gasteiger partial charge in [-0.05, 0) is 246 Å². The van der Waals surface area contributed by atoms with E-state index < -0.39 is 0 Å². The summed E-state index contributed by atoms with van der Waals surface area (Å²) in [6, 6.07) is 53.4. The minimum absolute atomic E-state index is 0.0762. The predicted molar refractivity (Wildman–Crippen MR) is 486 cm³/mol. The van der Waals surface area contributed by atoms with Crippen LogP contribution < -0.4 is 49.0 Å². The van der Waals surface area contributed by atoms with Crippen LogP contribution in [0.15, 0.2) is 127 Å². The molecule has 0 unspecified atom stereocenters. The topological polar surface area (TPSA) is 173 Å². The second-order valence-corrected chi connectivity index (χ2v) is 31.4. The molecule has 0 radical (unpaired) electrons. The number of aryl methyl sites for hydroxylation is 12. The fourth-order valence-corrected chi connectivity index (χ4v) is 17.5. The molecule has 5 heterocycles. The van der Waals surface area contributed by atoms with Crippen LogP contribution in [-0.2, 0) is 0 Å². The molecule has 10 aromatic rings. The maximum Gasteiger partial charge on any atom is 0.206 e. The van der Waals surface area contributed by atoms with Gasteiger partial charge in [0.2, 0.25) is 28.4 Å². The third kappa shape index (κ3) is 14.6. The fraction of sp³-hybridized carbons (Fsp3) is 0.293. The number of nitrogens with zero attached hydrogens (tertiary/aromatic N) is 20. The third-order valence-electron chi connectivity index (χ3n) is 24.4. The van der Waals surface area contributed by atoms with Gasteiger partial charge in [-0.25, -0.2) is 24.2 Å². The Kier molecular flexibility index (Phi) is 24.2. The van der Waals surface area contributed by atoms with E-state index in [9.17, 15) is 26.3 Å². The van der Waals surface area contributed by atoms with E-state index in [4.69, 9.17) is 32.9 Å². The highest BCUT2D eigenvalue weighted by Gasteiger charge is 2.42. The lowest BCUT2D eigenvalue weighted by molar-refractivity contribution is 0.730. The number of rotatable bonds is 5. The van der Waals surface area contributed by atoms with E-state index in [0.29, 0.717) is 56.3 Å². The fourth-order valence-electron chi connectivity index (χ4n) is 17.5. The Hall–Kier alpha value is -14.9. The summed E-state index contributed by atoms with van der Waals surface area (Å²) < 4.78 is 0. The van der Waals surface area contributed by atoms with Crippen molar-refractivity contribution in [3.05, 3.63) is 290 Å². The zero-order chi connectivity index (χ0) is 87.1. The van der Waals surface area contributed by atoms with E-state index >= 15 is 0 Å². The smallest absolute Gasteiger partial charge is 0.206 e. The molecular formula is C99H98N20. The molecule has 0 aliphatic carbocycles. The number of benzene rings is 10. The van der Waals surface area contributed by atoms with Crippen LogP contribution in [0.2, 0.25) is 0 Å². The van der Waals surface area contributed by atoms with Crippen LogP contribution in [0.3, 0.4) is 0 Å². The van der Waals surface area contributed by atoms with Gasteiger partial charge in [-0.15, -0.1) is 0 Å². The van der Waals surface area contributed by atoms with Crippen molar-refractivity contribution in [1.82, 2.24) is 0 Å². The van der Waals surface area contributed by atoms with Crippen LogP contribution >= 0.6 is 0 Å². The first kappa shape index (κ1) is 85.0. The molecule has 594 valence electrons. The Balaban J connectivity index is 0.000000146. The van der Waals surface area contributed by atoms with Gasteiger partial charge in [-0.2, -0.15) is 26.3 Å². The number of para-hydroxylation sites is 1. The second-order valence-electron chi connectivity index (χ2n) is 31.4. The van der Waals surface area contributed by atoms with Crippen molar-refractivity contribution < 1.29 is 0 Å². The Morgan fingerprint density at radius 3 is 0.849 bits per heavy atom. The molecule has 0 fully saturated rings. The van der Waals surface area contributed by atoms with E-state index in [0.717, 1.165) is 68.2 Å². The van der Waals surface area contributed by atoms with Crippen molar-refractivity contribution in [3.63, 3.8) is 0 Å². The summed E-state index contributed by atoms with van der Waals surface area (Å²) >= 11 is 0. The number of hydrogen-bond donors (Lipinski definition) is 0. The van der Waals surface area contributed by atoms with Gasteiger partial charge in [0, 0.05) is 63.7 Å². The van der Waals surface area contributed by atoms with Crippen molar-refractivity contribution in [2.45, 2.75) is 162 Å². The average molecular weight is 1570 g/mol. The molecule has 10 aromatic carbocycles. The normalized spacial score (nSPS) is 15.9. The van der Waals surface area contributed by atoms with Crippen LogP contribution in [0.1, 0.15) is 140 Å². The molecule has 5 atom stereocenters. The van der Waals surface area contributed by atoms with E-state index in [1.807, 2.05) is 65.6 Å². The lowest BCUT2D eigenvalue weighted by Gasteiger charge is -2.31. The zero-order valence-corrected chi connectivity index (χ0v) is 72.5. The predicted octanol–water partition coefficient (Wildman–Crippen LogP) is 24.5. The van der Waals surface area contributed by atoms with E-state index in [1.165, 1.54) is 95.0 Å². The molecule has 0 saturated carbocycles. The highest BCUT2D eigenvalue weighted by Crippen LogP contribution is 2.55. The molecule has 15 rings (SSSR count). The number of fused-ring (bicyclic) bond motifs is 5. The third-order valence-corrected chi connectivity index (χ3v) is 24.4. The molecule has 119 heavy (non-hydrogen) atoms. The van der Waals surface area contributed by atoms with Crippen LogP contribution in [-0.4, -0.2) is 66.1 Å². The molecule has 20 nitrogen and oxygen atoms in total. The van der Waals surface area contributed by atoms with E-state index in [2.05, 4.69) is 302 Å². The molecule has 0 bridgehead atoms. The molecule has 0 saturated heterocycles. The van der Waals surface area contributed by atoms with Crippen molar-refractivity contribution in [1.29, 1.82) is 26.3 Å². The quantitative estimate of drug-likeness (QED) is 0.149. The lowest BCUT2D eigenvalue weighted by atomic mass is 10.0. The van der Waals surface area contributed by atoms with E-state index in [1.54, 1.807) is 30.3 Å². The molecule has 0 amide bonds. The van der Waals surface area contributed by atoms with Gasteiger partial charge >= 0.3 is 0 Å². The maximum atomic E-state index is 9.59. The Labute approximate surface area is 703 Å². The summed E-state index contributed by atoms with van der Waals surface area (Å²) in [5.41, 5.74) is 36.6. The van der Waals surface area contributed by atoms with Crippen LogP contribution in [0.4, 0.5) is 114 Å². The van der Waals surface area contributed by atoms with Gasteiger partial charge in [0.15, 0.2) is 0 Å². The molecule has 20 heteroatoms. The van der Waals surface area contributed by atoms with Crippen LogP contribution in [0.25, 0.3) is 24.2 Å². The van der Waals surface area contributed by atoms with Gasteiger partial charge in [-0.1, -0.05) is 90.5 Å². The molecular weight excluding hydrogens is 1470 g/mol. The Bertz CT molecular complexity index is 6250. The molecule has 0 spiro atoms. The van der Waals surface area contributed by atoms with Gasteiger partial charge < -0.3 is 49.0 Å². The SMILES string of the molecule is [C-]#[N+]c1ccc2c(c1C#N)N(C)[C@H](C)N2c1c(C)cc(C)cc1C.[C-]#[N+]c1ccc2c(c1C#N)N(C)[C@H](C)N2c1c(C)ccc(C)c1C.[C-]#[N+]c1ccc2c(c1C#N)N(C)[C@H](C)N2c1c(C)cccc1C.[C-]#[N+]c1ccc2c(c1C#N)N(C)[C@H](C)N2c1cc(C)c(C)cc1C.[C-]#[N+]c1ccc2c(c1C#N)N(C)[C@H](C)N2c1cc(C)cc(C)c1C. The van der Waals surface area contributed by atoms with Crippen molar-refractivity contribution in [2.24, 2.45) is 0 Å². The van der Waals surface area contributed by atoms with E-state index in [-0.39, 0.29) is 30.8 Å². The van der Waals surface area contributed by atoms with Gasteiger partial charge in [0.25, 0.3) is 0 Å². The number of nitriles is 5. The molecule has 0 aromatic heterocycles. The second kappa shape index (κ2) is 33.9. The van der Waals surface area contributed by atoms with Crippen LogP contribution in [0, 0.1) is 186 Å². The Morgan fingerprint density at radius 1 is 0.244 bits per heavy atom. The Morgan fingerprint density at radius 2 is 0.513 bits per heavy atom. The summed E-state index contributed by atoms with van der Waals surface area (Å²) in [5.74, 6) is 0. The van der Waals surface area contributed by atoms with Gasteiger partial charge in [0.1, 0.15) is 30.8 Å². The summed E-state index contributed by atoms with van der Waals surface area (Å²) in [7, 11) is 9.91. The monoisotopic (exact) mass is 1570 g/mol. The molecule has 5 aliphatic heterocycles. The highest BCUT2D eigenvalue weighted by molar-refractivity contribution is 5.98. The largest absolute Gasteiger partial charge is 0.352 e. The number of anilines is 15. The summed E-state index contributed by atoms with van der Waals surface area (Å²) in [4.78, 5) is 39.3. The number of hydrogen-bond acceptors (Lipinski definition) is 15. The standard InChI is InChI=1S/4C20H20N4.C19H18N4/c1-12-9-14(3)19(10-13(12)2)24-15(4)23(6)20-16(11-21)17(22-5)7-8-18(20)24;1-12-9-13(2)14(3)19(10-12)24-15(4)23(6)20-16(11-21)17(22-5)7-8-18(20)24;1-12-9-13(2)19(14(3)10-12)24-15(4)23(6)20-16(11-21)17(22-5)7-8-18(20)24;1-12-7-8-13(2)19(14(12)3)24-15(4)23(6)20-16(11-21)17(22-5)9-10-18(20)24;1-12-7-6-8-13(2)18(12)23-14(3)22(5)19-15(11-20)16(21-4)9-10-17(19)23/h4*7-10,15H,1-4,6H3;6-10,14H,1-3,5H3/t4*15-;14-/m00000/s1. The highest BCUT2D eigenvalue weighted by atomic mass is 15.4.